The number of nitrogens with zero attached hydrogens (tertiary/aromatic N) is 2. The molecule has 0 bridgehead atoms. The van der Waals surface area contributed by atoms with Gasteiger partial charge in [-0.1, -0.05) is 12.8 Å². The van der Waals surface area contributed by atoms with Crippen LogP contribution in [0.5, 0.6) is 0 Å². The summed E-state index contributed by atoms with van der Waals surface area (Å²) in [6.07, 6.45) is 5.48. The molecule has 1 N–H and O–H groups in total. The number of nitrogens with one attached hydrogen (secondary N) is 1. The molecule has 3 fully saturated rings. The highest BCUT2D eigenvalue weighted by Crippen LogP contribution is 2.28. The van der Waals surface area contributed by atoms with Crippen LogP contribution in [0.2, 0.25) is 0 Å². The van der Waals surface area contributed by atoms with E-state index in [4.69, 9.17) is 0 Å². The third-order valence-electron chi connectivity index (χ3n) is 4.55. The highest BCUT2D eigenvalue weighted by atomic mass is 32.2. The lowest BCUT2D eigenvalue weighted by Gasteiger charge is -2.26. The molecule has 104 valence electrons. The first-order valence-electron chi connectivity index (χ1n) is 7.16. The van der Waals surface area contributed by atoms with Crippen molar-refractivity contribution >= 4 is 10.2 Å². The van der Waals surface area contributed by atoms with Crippen molar-refractivity contribution in [3.8, 4) is 0 Å². The van der Waals surface area contributed by atoms with E-state index in [-0.39, 0.29) is 0 Å². The van der Waals surface area contributed by atoms with Crippen molar-refractivity contribution in [1.29, 1.82) is 0 Å². The summed E-state index contributed by atoms with van der Waals surface area (Å²) >= 11 is 0. The highest BCUT2D eigenvalue weighted by Gasteiger charge is 2.42. The van der Waals surface area contributed by atoms with Gasteiger partial charge in [-0.25, -0.2) is 0 Å². The van der Waals surface area contributed by atoms with Gasteiger partial charge in [-0.05, 0) is 31.7 Å². The van der Waals surface area contributed by atoms with Crippen LogP contribution in [0.4, 0.5) is 0 Å². The Morgan fingerprint density at radius 1 is 0.944 bits per heavy atom. The fraction of sp³-hybridized carbons (Fsp3) is 1.00. The third-order valence-corrected chi connectivity index (χ3v) is 6.52. The summed E-state index contributed by atoms with van der Waals surface area (Å²) in [5, 5.41) is 3.41. The molecule has 0 saturated carbocycles. The van der Waals surface area contributed by atoms with E-state index in [0.717, 1.165) is 32.4 Å². The molecule has 2 atom stereocenters. The Labute approximate surface area is 110 Å². The molecule has 3 rings (SSSR count). The molecule has 3 heterocycles. The summed E-state index contributed by atoms with van der Waals surface area (Å²) < 4.78 is 28.6. The Kier molecular flexibility index (Phi) is 3.62. The molecule has 0 aromatic carbocycles. The Balaban J connectivity index is 1.70. The second kappa shape index (κ2) is 5.07. The molecular formula is C12H23N3O2S. The first-order chi connectivity index (χ1) is 8.68. The molecule has 6 heteroatoms. The van der Waals surface area contributed by atoms with E-state index in [1.807, 2.05) is 0 Å². The van der Waals surface area contributed by atoms with E-state index in [1.54, 1.807) is 8.61 Å². The van der Waals surface area contributed by atoms with Gasteiger partial charge in [0, 0.05) is 32.2 Å². The SMILES string of the molecule is O=S(=O)(N1CCCCCC1)N1C[C@@H]2CCN[C@@H]2C1. The summed E-state index contributed by atoms with van der Waals surface area (Å²) in [6, 6.07) is 0.395. The Bertz CT molecular complexity index is 378. The predicted octanol–water partition coefficient (Wildman–Crippen LogP) is 0.401. The summed E-state index contributed by atoms with van der Waals surface area (Å²) in [4.78, 5) is 0. The molecule has 3 aliphatic heterocycles. The van der Waals surface area contributed by atoms with Crippen LogP contribution in [0.1, 0.15) is 32.1 Å². The third kappa shape index (κ3) is 2.31. The average Bonchev–Trinajstić information content (AvgIpc) is 2.80. The van der Waals surface area contributed by atoms with E-state index in [0.29, 0.717) is 31.6 Å². The highest BCUT2D eigenvalue weighted by molar-refractivity contribution is 7.86. The van der Waals surface area contributed by atoms with Crippen LogP contribution in [-0.2, 0) is 10.2 Å². The molecule has 0 spiro atoms. The number of fused-ring (bicyclic) bond motifs is 1. The van der Waals surface area contributed by atoms with Gasteiger partial charge in [-0.3, -0.25) is 0 Å². The van der Waals surface area contributed by atoms with E-state index in [1.165, 1.54) is 12.8 Å². The average molecular weight is 273 g/mol. The van der Waals surface area contributed by atoms with E-state index in [9.17, 15) is 8.42 Å². The summed E-state index contributed by atoms with van der Waals surface area (Å²) in [6.45, 7) is 3.86. The normalized spacial score (nSPS) is 35.6. The molecule has 0 aromatic heterocycles. The smallest absolute Gasteiger partial charge is 0.282 e. The molecule has 0 aliphatic carbocycles. The lowest BCUT2D eigenvalue weighted by atomic mass is 10.1. The quantitative estimate of drug-likeness (QED) is 0.792. The van der Waals surface area contributed by atoms with Crippen LogP contribution in [0, 0.1) is 5.92 Å². The molecule has 5 nitrogen and oxygen atoms in total. The predicted molar refractivity (Wildman–Crippen MR) is 70.4 cm³/mol. The van der Waals surface area contributed by atoms with Crippen molar-refractivity contribution in [2.45, 2.75) is 38.1 Å². The van der Waals surface area contributed by atoms with Gasteiger partial charge in [-0.2, -0.15) is 17.0 Å². The van der Waals surface area contributed by atoms with Gasteiger partial charge in [0.2, 0.25) is 0 Å². The largest absolute Gasteiger partial charge is 0.312 e. The van der Waals surface area contributed by atoms with Gasteiger partial charge in [0.25, 0.3) is 10.2 Å². The number of hydrogen-bond donors (Lipinski definition) is 1. The second-order valence-corrected chi connectivity index (χ2v) is 7.68. The van der Waals surface area contributed by atoms with Gasteiger partial charge in [0.15, 0.2) is 0 Å². The van der Waals surface area contributed by atoms with Crippen LogP contribution in [0.25, 0.3) is 0 Å². The number of hydrogen-bond acceptors (Lipinski definition) is 3. The molecule has 3 saturated heterocycles. The zero-order valence-corrected chi connectivity index (χ0v) is 11.7. The number of rotatable bonds is 2. The summed E-state index contributed by atoms with van der Waals surface area (Å²) in [7, 11) is -3.20. The van der Waals surface area contributed by atoms with Crippen molar-refractivity contribution in [2.75, 3.05) is 32.7 Å². The van der Waals surface area contributed by atoms with Gasteiger partial charge in [0.1, 0.15) is 0 Å². The van der Waals surface area contributed by atoms with E-state index in [2.05, 4.69) is 5.32 Å². The Hall–Kier alpha value is -0.170. The van der Waals surface area contributed by atoms with Crippen LogP contribution < -0.4 is 5.32 Å². The van der Waals surface area contributed by atoms with Crippen LogP contribution in [0.3, 0.4) is 0 Å². The molecule has 0 unspecified atom stereocenters. The zero-order chi connectivity index (χ0) is 12.6. The summed E-state index contributed by atoms with van der Waals surface area (Å²) in [5.74, 6) is 0.534. The minimum atomic E-state index is -3.20. The first kappa shape index (κ1) is 12.8. The van der Waals surface area contributed by atoms with Gasteiger partial charge >= 0.3 is 0 Å². The van der Waals surface area contributed by atoms with Gasteiger partial charge < -0.3 is 5.32 Å². The molecule has 0 radical (unpaired) electrons. The van der Waals surface area contributed by atoms with Gasteiger partial charge in [0.05, 0.1) is 0 Å². The maximum absolute atomic E-state index is 12.6. The minimum Gasteiger partial charge on any atom is -0.312 e. The fourth-order valence-corrected chi connectivity index (χ4v) is 5.21. The van der Waals surface area contributed by atoms with Crippen LogP contribution >= 0.6 is 0 Å². The van der Waals surface area contributed by atoms with Crippen molar-refractivity contribution in [3.05, 3.63) is 0 Å². The van der Waals surface area contributed by atoms with E-state index < -0.39 is 10.2 Å². The van der Waals surface area contributed by atoms with Crippen molar-refractivity contribution in [1.82, 2.24) is 13.9 Å². The van der Waals surface area contributed by atoms with Crippen molar-refractivity contribution in [2.24, 2.45) is 5.92 Å². The second-order valence-electron chi connectivity index (χ2n) is 5.75. The molecule has 0 aromatic rings. The Morgan fingerprint density at radius 2 is 1.67 bits per heavy atom. The maximum atomic E-state index is 12.6. The zero-order valence-electron chi connectivity index (χ0n) is 10.8. The van der Waals surface area contributed by atoms with Crippen LogP contribution in [0.15, 0.2) is 0 Å². The van der Waals surface area contributed by atoms with Crippen molar-refractivity contribution < 1.29 is 8.42 Å². The van der Waals surface area contributed by atoms with E-state index >= 15 is 0 Å². The molecule has 18 heavy (non-hydrogen) atoms. The fourth-order valence-electron chi connectivity index (χ4n) is 3.43. The lowest BCUT2D eigenvalue weighted by molar-refractivity contribution is 0.357. The van der Waals surface area contributed by atoms with Crippen molar-refractivity contribution in [3.63, 3.8) is 0 Å². The Morgan fingerprint density at radius 3 is 2.33 bits per heavy atom. The maximum Gasteiger partial charge on any atom is 0.282 e. The van der Waals surface area contributed by atoms with Crippen LogP contribution in [-0.4, -0.2) is 55.8 Å². The van der Waals surface area contributed by atoms with Gasteiger partial charge in [-0.15, -0.1) is 0 Å². The topological polar surface area (TPSA) is 52.7 Å². The molecular weight excluding hydrogens is 250 g/mol. The lowest BCUT2D eigenvalue weighted by Crippen LogP contribution is -2.44. The standard InChI is InChI=1S/C12H23N3O2S/c16-18(17,14-7-3-1-2-4-8-14)15-9-11-5-6-13-12(11)10-15/h11-13H,1-10H2/t11-,12+/m0/s1. The minimum absolute atomic E-state index is 0.395. The summed E-state index contributed by atoms with van der Waals surface area (Å²) in [5.41, 5.74) is 0. The first-order valence-corrected chi connectivity index (χ1v) is 8.56. The molecule has 0 amide bonds. The molecule has 3 aliphatic rings. The monoisotopic (exact) mass is 273 g/mol.